The molecule has 1 heterocycles. The molecule has 1 aromatic carbocycles. The fourth-order valence-electron chi connectivity index (χ4n) is 1.98. The zero-order valence-electron chi connectivity index (χ0n) is 13.6. The van der Waals surface area contributed by atoms with Crippen molar-refractivity contribution in [2.24, 2.45) is 0 Å². The number of hydrogen-bond acceptors (Lipinski definition) is 6. The first-order valence-electron chi connectivity index (χ1n) is 7.45. The summed E-state index contributed by atoms with van der Waals surface area (Å²) in [6, 6.07) is 5.68. The number of thiocarbonyl (C=S) groups is 1. The Morgan fingerprint density at radius 3 is 2.83 bits per heavy atom. The average molecular weight is 371 g/mol. The van der Waals surface area contributed by atoms with Gasteiger partial charge in [-0.2, -0.15) is 0 Å². The molecule has 0 spiro atoms. The van der Waals surface area contributed by atoms with Crippen LogP contribution in [0.25, 0.3) is 0 Å². The number of benzene rings is 1. The molecule has 0 bridgehead atoms. The number of thioether (sulfide) groups is 1. The standard InChI is InChI=1S/C15H21N3O4S2/c1-10(8-20-2)16-15(23)18-17-14(19)9-24-11-3-4-12-13(7-11)22-6-5-21-12/h3-4,7,10H,5-6,8-9H2,1-2H3,(H,17,19)(H2,16,18,23)/t10-/m0/s1. The lowest BCUT2D eigenvalue weighted by Crippen LogP contribution is -2.50. The van der Waals surface area contributed by atoms with Crippen LogP contribution in [0.15, 0.2) is 23.1 Å². The van der Waals surface area contributed by atoms with Crippen LogP contribution in [0, 0.1) is 0 Å². The van der Waals surface area contributed by atoms with Gasteiger partial charge in [0.25, 0.3) is 0 Å². The van der Waals surface area contributed by atoms with E-state index in [0.717, 1.165) is 10.6 Å². The van der Waals surface area contributed by atoms with Crippen LogP contribution >= 0.6 is 24.0 Å². The molecule has 1 atom stereocenters. The van der Waals surface area contributed by atoms with Gasteiger partial charge in [-0.05, 0) is 37.3 Å². The van der Waals surface area contributed by atoms with E-state index in [4.69, 9.17) is 26.4 Å². The van der Waals surface area contributed by atoms with Gasteiger partial charge in [-0.1, -0.05) is 0 Å². The maximum atomic E-state index is 11.9. The van der Waals surface area contributed by atoms with E-state index >= 15 is 0 Å². The Labute approximate surface area is 150 Å². The summed E-state index contributed by atoms with van der Waals surface area (Å²) in [5.41, 5.74) is 5.22. The van der Waals surface area contributed by atoms with Crippen LogP contribution in [0.1, 0.15) is 6.92 Å². The molecule has 132 valence electrons. The Morgan fingerprint density at radius 2 is 2.08 bits per heavy atom. The third-order valence-electron chi connectivity index (χ3n) is 2.99. The van der Waals surface area contributed by atoms with Crippen molar-refractivity contribution in [3.05, 3.63) is 18.2 Å². The summed E-state index contributed by atoms with van der Waals surface area (Å²) in [5.74, 6) is 1.52. The lowest BCUT2D eigenvalue weighted by molar-refractivity contribution is -0.119. The molecule has 0 saturated carbocycles. The van der Waals surface area contributed by atoms with Gasteiger partial charge in [0.05, 0.1) is 12.4 Å². The fourth-order valence-corrected chi connectivity index (χ4v) is 2.95. The number of rotatable bonds is 6. The zero-order chi connectivity index (χ0) is 17.4. The molecule has 9 heteroatoms. The summed E-state index contributed by atoms with van der Waals surface area (Å²) < 4.78 is 16.0. The van der Waals surface area contributed by atoms with Crippen molar-refractivity contribution >= 4 is 35.0 Å². The normalized spacial score (nSPS) is 13.8. The number of fused-ring (bicyclic) bond motifs is 1. The first-order valence-corrected chi connectivity index (χ1v) is 8.84. The molecule has 24 heavy (non-hydrogen) atoms. The van der Waals surface area contributed by atoms with Crippen LogP contribution in [0.2, 0.25) is 0 Å². The molecule has 1 aliphatic rings. The second kappa shape index (κ2) is 9.55. The van der Waals surface area contributed by atoms with Crippen molar-refractivity contribution in [1.82, 2.24) is 16.2 Å². The fraction of sp³-hybridized carbons (Fsp3) is 0.467. The average Bonchev–Trinajstić information content (AvgIpc) is 2.58. The van der Waals surface area contributed by atoms with E-state index in [2.05, 4.69) is 16.2 Å². The largest absolute Gasteiger partial charge is 0.486 e. The van der Waals surface area contributed by atoms with Crippen LogP contribution in [-0.4, -0.2) is 49.7 Å². The number of ether oxygens (including phenoxy) is 3. The van der Waals surface area contributed by atoms with E-state index in [9.17, 15) is 4.79 Å². The van der Waals surface area contributed by atoms with Gasteiger partial charge in [0.2, 0.25) is 5.91 Å². The lowest BCUT2D eigenvalue weighted by Gasteiger charge is -2.18. The van der Waals surface area contributed by atoms with Gasteiger partial charge >= 0.3 is 0 Å². The van der Waals surface area contributed by atoms with Crippen molar-refractivity contribution in [1.29, 1.82) is 0 Å². The highest BCUT2D eigenvalue weighted by Crippen LogP contribution is 2.33. The highest BCUT2D eigenvalue weighted by atomic mass is 32.2. The van der Waals surface area contributed by atoms with E-state index < -0.39 is 0 Å². The van der Waals surface area contributed by atoms with Crippen LogP contribution in [-0.2, 0) is 9.53 Å². The number of methoxy groups -OCH3 is 1. The maximum absolute atomic E-state index is 11.9. The summed E-state index contributed by atoms with van der Waals surface area (Å²) >= 11 is 6.48. The Hall–Kier alpha value is -1.71. The van der Waals surface area contributed by atoms with E-state index in [1.165, 1.54) is 11.8 Å². The summed E-state index contributed by atoms with van der Waals surface area (Å²) in [6.45, 7) is 3.55. The number of carbonyl (C=O) groups is 1. The number of hydrogen-bond donors (Lipinski definition) is 3. The van der Waals surface area contributed by atoms with Crippen molar-refractivity contribution in [3.8, 4) is 11.5 Å². The van der Waals surface area contributed by atoms with Gasteiger partial charge in [-0.25, -0.2) is 0 Å². The zero-order valence-corrected chi connectivity index (χ0v) is 15.2. The Morgan fingerprint density at radius 1 is 1.33 bits per heavy atom. The summed E-state index contributed by atoms with van der Waals surface area (Å²) in [4.78, 5) is 12.8. The highest BCUT2D eigenvalue weighted by Gasteiger charge is 2.12. The quantitative estimate of drug-likeness (QED) is 0.389. The molecule has 3 N–H and O–H groups in total. The molecule has 0 unspecified atom stereocenters. The van der Waals surface area contributed by atoms with E-state index in [1.54, 1.807) is 7.11 Å². The predicted octanol–water partition coefficient (Wildman–Crippen LogP) is 1.08. The topological polar surface area (TPSA) is 80.9 Å². The molecule has 2 rings (SSSR count). The van der Waals surface area contributed by atoms with Crippen molar-refractivity contribution < 1.29 is 19.0 Å². The molecule has 0 saturated heterocycles. The third kappa shape index (κ3) is 6.06. The number of hydrazine groups is 1. The number of nitrogens with one attached hydrogen (secondary N) is 3. The number of carbonyl (C=O) groups excluding carboxylic acids is 1. The second-order valence-electron chi connectivity index (χ2n) is 5.10. The van der Waals surface area contributed by atoms with E-state index in [-0.39, 0.29) is 17.7 Å². The minimum absolute atomic E-state index is 0.0546. The molecule has 1 aromatic rings. The first kappa shape index (κ1) is 18.6. The van der Waals surface area contributed by atoms with Crippen molar-refractivity contribution in [2.75, 3.05) is 32.7 Å². The van der Waals surface area contributed by atoms with E-state index in [0.29, 0.717) is 30.7 Å². The molecule has 0 aliphatic carbocycles. The maximum Gasteiger partial charge on any atom is 0.248 e. The summed E-state index contributed by atoms with van der Waals surface area (Å²) in [7, 11) is 1.62. The van der Waals surface area contributed by atoms with Gasteiger partial charge in [0, 0.05) is 18.0 Å². The van der Waals surface area contributed by atoms with Crippen molar-refractivity contribution in [3.63, 3.8) is 0 Å². The molecular formula is C15H21N3O4S2. The third-order valence-corrected chi connectivity index (χ3v) is 4.21. The monoisotopic (exact) mass is 371 g/mol. The smallest absolute Gasteiger partial charge is 0.248 e. The molecule has 7 nitrogen and oxygen atoms in total. The molecule has 1 aliphatic heterocycles. The Balaban J connectivity index is 1.70. The minimum atomic E-state index is -0.182. The predicted molar refractivity (Wildman–Crippen MR) is 96.5 cm³/mol. The Kier molecular flexibility index (Phi) is 7.41. The molecule has 1 amide bonds. The van der Waals surface area contributed by atoms with Gasteiger partial charge in [-0.15, -0.1) is 11.8 Å². The molecule has 0 fully saturated rings. The number of amides is 1. The molecular weight excluding hydrogens is 350 g/mol. The van der Waals surface area contributed by atoms with Gasteiger partial charge in [0.1, 0.15) is 13.2 Å². The van der Waals surface area contributed by atoms with E-state index in [1.807, 2.05) is 25.1 Å². The van der Waals surface area contributed by atoms with Crippen LogP contribution < -0.4 is 25.6 Å². The summed E-state index contributed by atoms with van der Waals surface area (Å²) in [5, 5.41) is 3.33. The minimum Gasteiger partial charge on any atom is -0.486 e. The Bertz CT molecular complexity index is 586. The first-order chi connectivity index (χ1) is 11.6. The van der Waals surface area contributed by atoms with Crippen LogP contribution in [0.5, 0.6) is 11.5 Å². The highest BCUT2D eigenvalue weighted by molar-refractivity contribution is 8.00. The summed E-state index contributed by atoms with van der Waals surface area (Å²) in [6.07, 6.45) is 0. The van der Waals surface area contributed by atoms with Crippen LogP contribution in [0.3, 0.4) is 0 Å². The molecule has 0 radical (unpaired) electrons. The SMILES string of the molecule is COC[C@H](C)NC(=S)NNC(=O)CSc1ccc2c(c1)OCCO2. The van der Waals surface area contributed by atoms with Crippen molar-refractivity contribution in [2.45, 2.75) is 17.9 Å². The lowest BCUT2D eigenvalue weighted by atomic mass is 10.3. The van der Waals surface area contributed by atoms with Crippen LogP contribution in [0.4, 0.5) is 0 Å². The van der Waals surface area contributed by atoms with Gasteiger partial charge in [0.15, 0.2) is 16.6 Å². The molecule has 0 aromatic heterocycles. The van der Waals surface area contributed by atoms with Gasteiger partial charge < -0.3 is 19.5 Å². The second-order valence-corrected chi connectivity index (χ2v) is 6.55. The van der Waals surface area contributed by atoms with Gasteiger partial charge in [-0.3, -0.25) is 15.6 Å².